The van der Waals surface area contributed by atoms with Crippen molar-refractivity contribution >= 4 is 5.97 Å². The van der Waals surface area contributed by atoms with Crippen LogP contribution in [0.15, 0.2) is 12.4 Å². The molecule has 0 aliphatic rings. The smallest absolute Gasteiger partial charge is 0.452 e. The Bertz CT molecular complexity index is 172. The zero-order valence-electron chi connectivity index (χ0n) is 5.24. The van der Waals surface area contributed by atoms with Gasteiger partial charge in [0.25, 0.3) is 0 Å². The predicted molar refractivity (Wildman–Crippen MR) is 27.3 cm³/mol. The highest BCUT2D eigenvalue weighted by molar-refractivity contribution is 5.75. The summed E-state index contributed by atoms with van der Waals surface area (Å²) in [6, 6.07) is 0. The number of carbonyl (C=O) groups is 1. The number of ether oxygens (including phenoxy) is 1. The molecule has 0 spiro atoms. The number of halogens is 4. The quantitative estimate of drug-likeness (QED) is 0.466. The Balaban J connectivity index is 3.80. The maximum Gasteiger partial charge on any atom is 0.490 e. The van der Waals surface area contributed by atoms with Gasteiger partial charge in [-0.1, -0.05) is 6.58 Å². The van der Waals surface area contributed by atoms with Crippen LogP contribution in [-0.2, 0) is 9.53 Å². The van der Waals surface area contributed by atoms with Gasteiger partial charge in [0.15, 0.2) is 0 Å². The van der Waals surface area contributed by atoms with Crippen molar-refractivity contribution in [2.75, 3.05) is 6.61 Å². The second kappa shape index (κ2) is 3.36. The minimum atomic E-state index is -5.07. The lowest BCUT2D eigenvalue weighted by Gasteiger charge is -2.04. The van der Waals surface area contributed by atoms with E-state index in [1.807, 2.05) is 0 Å². The molecule has 0 fully saturated rings. The molecule has 0 radical (unpaired) electrons. The molecule has 11 heavy (non-hydrogen) atoms. The summed E-state index contributed by atoms with van der Waals surface area (Å²) in [7, 11) is 0. The average molecular weight is 172 g/mol. The van der Waals surface area contributed by atoms with Crippen molar-refractivity contribution in [3.8, 4) is 0 Å². The molecule has 0 aromatic rings. The Morgan fingerprint density at radius 1 is 1.45 bits per heavy atom. The molecule has 0 bridgehead atoms. The summed E-state index contributed by atoms with van der Waals surface area (Å²) >= 11 is 0. The van der Waals surface area contributed by atoms with Gasteiger partial charge in [0.1, 0.15) is 12.4 Å². The summed E-state index contributed by atoms with van der Waals surface area (Å²) in [5.41, 5.74) is 0. The zero-order valence-corrected chi connectivity index (χ0v) is 5.24. The first-order valence-electron chi connectivity index (χ1n) is 2.41. The van der Waals surface area contributed by atoms with Gasteiger partial charge < -0.3 is 4.74 Å². The van der Waals surface area contributed by atoms with Crippen LogP contribution in [0.1, 0.15) is 0 Å². The van der Waals surface area contributed by atoms with Gasteiger partial charge in [0.05, 0.1) is 0 Å². The molecule has 0 amide bonds. The molecular formula is C5H4F4O2. The number of alkyl halides is 3. The summed E-state index contributed by atoms with van der Waals surface area (Å²) in [6.07, 6.45) is -5.07. The third kappa shape index (κ3) is 4.35. The van der Waals surface area contributed by atoms with Gasteiger partial charge in [-0.15, -0.1) is 0 Å². The summed E-state index contributed by atoms with van der Waals surface area (Å²) in [5.74, 6) is -3.56. The fourth-order valence-electron chi connectivity index (χ4n) is 0.226. The number of rotatable bonds is 2. The van der Waals surface area contributed by atoms with Crippen molar-refractivity contribution in [3.63, 3.8) is 0 Å². The molecule has 0 aliphatic heterocycles. The molecule has 0 aromatic heterocycles. The summed E-state index contributed by atoms with van der Waals surface area (Å²) < 4.78 is 48.9. The molecule has 2 nitrogen and oxygen atoms in total. The number of esters is 1. The Kier molecular flexibility index (Phi) is 3.03. The van der Waals surface area contributed by atoms with Crippen LogP contribution in [-0.4, -0.2) is 18.8 Å². The normalized spacial score (nSPS) is 10.9. The second-order valence-electron chi connectivity index (χ2n) is 1.59. The van der Waals surface area contributed by atoms with Gasteiger partial charge in [-0.2, -0.15) is 13.2 Å². The van der Waals surface area contributed by atoms with E-state index >= 15 is 0 Å². The molecule has 0 rings (SSSR count). The molecule has 0 unspecified atom stereocenters. The molecule has 64 valence electrons. The van der Waals surface area contributed by atoms with E-state index < -0.39 is 24.6 Å². The maximum absolute atomic E-state index is 11.6. The van der Waals surface area contributed by atoms with Crippen LogP contribution in [0.25, 0.3) is 0 Å². The minimum absolute atomic E-state index is 1.06. The summed E-state index contributed by atoms with van der Waals surface area (Å²) in [4.78, 5) is 9.81. The van der Waals surface area contributed by atoms with Crippen LogP contribution >= 0.6 is 0 Å². The highest BCUT2D eigenvalue weighted by atomic mass is 19.4. The van der Waals surface area contributed by atoms with E-state index in [1.54, 1.807) is 0 Å². The molecule has 0 N–H and O–H groups in total. The van der Waals surface area contributed by atoms with E-state index in [2.05, 4.69) is 11.3 Å². The van der Waals surface area contributed by atoms with Crippen molar-refractivity contribution in [1.82, 2.24) is 0 Å². The standard InChI is InChI=1S/C5H4F4O2/c1-3(6)2-11-4(10)5(7,8)9/h1-2H2. The van der Waals surface area contributed by atoms with E-state index in [1.165, 1.54) is 0 Å². The Labute approximate surface area is 59.4 Å². The lowest BCUT2D eigenvalue weighted by atomic mass is 10.6. The topological polar surface area (TPSA) is 26.3 Å². The number of hydrogen-bond donors (Lipinski definition) is 0. The maximum atomic E-state index is 11.6. The Hall–Kier alpha value is -1.07. The van der Waals surface area contributed by atoms with Gasteiger partial charge in [-0.05, 0) is 0 Å². The van der Waals surface area contributed by atoms with E-state index in [0.717, 1.165) is 0 Å². The lowest BCUT2D eigenvalue weighted by molar-refractivity contribution is -0.199. The predicted octanol–water partition coefficient (Wildman–Crippen LogP) is 1.58. The number of hydrogen-bond acceptors (Lipinski definition) is 2. The van der Waals surface area contributed by atoms with Gasteiger partial charge in [-0.3, -0.25) is 0 Å². The first-order valence-corrected chi connectivity index (χ1v) is 2.41. The van der Waals surface area contributed by atoms with Crippen molar-refractivity contribution in [1.29, 1.82) is 0 Å². The van der Waals surface area contributed by atoms with E-state index in [9.17, 15) is 22.4 Å². The molecule has 0 saturated heterocycles. The molecule has 0 saturated carbocycles. The highest BCUT2D eigenvalue weighted by Crippen LogP contribution is 2.16. The van der Waals surface area contributed by atoms with Gasteiger partial charge >= 0.3 is 12.1 Å². The first-order chi connectivity index (χ1) is 4.84. The van der Waals surface area contributed by atoms with Gasteiger partial charge in [0.2, 0.25) is 0 Å². The summed E-state index contributed by atoms with van der Waals surface area (Å²) in [6.45, 7) is 1.54. The Morgan fingerprint density at radius 2 is 1.91 bits per heavy atom. The number of carbonyl (C=O) groups excluding carboxylic acids is 1. The lowest BCUT2D eigenvalue weighted by Crippen LogP contribution is -2.25. The largest absolute Gasteiger partial charge is 0.490 e. The van der Waals surface area contributed by atoms with Crippen molar-refractivity contribution in [3.05, 3.63) is 12.4 Å². The second-order valence-corrected chi connectivity index (χ2v) is 1.59. The molecule has 0 aliphatic carbocycles. The van der Waals surface area contributed by atoms with Crippen molar-refractivity contribution < 1.29 is 27.1 Å². The SMILES string of the molecule is C=C(F)COC(=O)C(F)(F)F. The van der Waals surface area contributed by atoms with Crippen molar-refractivity contribution in [2.24, 2.45) is 0 Å². The van der Waals surface area contributed by atoms with E-state index in [-0.39, 0.29) is 0 Å². The van der Waals surface area contributed by atoms with Gasteiger partial charge in [-0.25, -0.2) is 9.18 Å². The van der Waals surface area contributed by atoms with Crippen LogP contribution in [0.4, 0.5) is 17.6 Å². The monoisotopic (exact) mass is 172 g/mol. The summed E-state index contributed by atoms with van der Waals surface area (Å²) in [5, 5.41) is 0. The van der Waals surface area contributed by atoms with Crippen LogP contribution in [0, 0.1) is 0 Å². The molecular weight excluding hydrogens is 168 g/mol. The van der Waals surface area contributed by atoms with E-state index in [0.29, 0.717) is 0 Å². The Morgan fingerprint density at radius 3 is 2.18 bits per heavy atom. The zero-order chi connectivity index (χ0) is 9.07. The fourth-order valence-corrected chi connectivity index (χ4v) is 0.226. The first kappa shape index (κ1) is 9.93. The van der Waals surface area contributed by atoms with Crippen LogP contribution in [0.5, 0.6) is 0 Å². The molecule has 6 heteroatoms. The van der Waals surface area contributed by atoms with Crippen LogP contribution < -0.4 is 0 Å². The van der Waals surface area contributed by atoms with Crippen molar-refractivity contribution in [2.45, 2.75) is 6.18 Å². The average Bonchev–Trinajstić information content (AvgIpc) is 1.80. The van der Waals surface area contributed by atoms with Gasteiger partial charge in [0, 0.05) is 0 Å². The molecule has 0 atom stereocenters. The highest BCUT2D eigenvalue weighted by Gasteiger charge is 2.40. The van der Waals surface area contributed by atoms with Crippen LogP contribution in [0.3, 0.4) is 0 Å². The van der Waals surface area contributed by atoms with Crippen LogP contribution in [0.2, 0.25) is 0 Å². The fraction of sp³-hybridized carbons (Fsp3) is 0.400. The molecule has 0 heterocycles. The molecule has 0 aromatic carbocycles. The van der Waals surface area contributed by atoms with E-state index in [4.69, 9.17) is 0 Å². The third-order valence-corrected chi connectivity index (χ3v) is 0.591. The minimum Gasteiger partial charge on any atom is -0.452 e. The third-order valence-electron chi connectivity index (χ3n) is 0.591.